The quantitative estimate of drug-likeness (QED) is 0.440. The van der Waals surface area contributed by atoms with Crippen LogP contribution in [0.3, 0.4) is 0 Å². The minimum atomic E-state index is -1.48. The van der Waals surface area contributed by atoms with Crippen molar-refractivity contribution in [1.29, 1.82) is 0 Å². The molecule has 0 saturated carbocycles. The van der Waals surface area contributed by atoms with Crippen LogP contribution in [0, 0.1) is 5.92 Å². The Labute approximate surface area is 163 Å². The van der Waals surface area contributed by atoms with Gasteiger partial charge >= 0.3 is 11.9 Å². The van der Waals surface area contributed by atoms with Gasteiger partial charge in [0.25, 0.3) is 0 Å². The molecule has 10 atom stereocenters. The number of aliphatic hydroxyl groups excluding tert-OH is 2. The molecule has 28 heavy (non-hydrogen) atoms. The van der Waals surface area contributed by atoms with Crippen LogP contribution in [0.4, 0.5) is 0 Å². The highest BCUT2D eigenvalue weighted by molar-refractivity contribution is 5.66. The summed E-state index contributed by atoms with van der Waals surface area (Å²) < 4.78 is 33.3. The first kappa shape index (κ1) is 21.4. The Balaban J connectivity index is 1.75. The number of carbonyl (C=O) groups is 2. The second kappa shape index (κ2) is 8.60. The van der Waals surface area contributed by atoms with Gasteiger partial charge in [0.2, 0.25) is 0 Å². The first-order valence-electron chi connectivity index (χ1n) is 9.43. The Bertz CT molecular complexity index is 581. The van der Waals surface area contributed by atoms with E-state index < -0.39 is 48.7 Å². The lowest BCUT2D eigenvalue weighted by Crippen LogP contribution is -2.61. The number of carbonyl (C=O) groups excluding carboxylic acids is 2. The molecule has 2 N–H and O–H groups in total. The molecule has 0 radical (unpaired) electrons. The standard InChI is InChI=1S/C18H28O10/c1-7-5-23-8(2)15-17(27-15)14(7)28-18-16(25-10(4)20)13(22)12(21)11(26-18)6-24-9(3)19/h7-8,11-18,21-22H,5-6H2,1-4H3/t7?,8-,11?,12-,13?,14-,15+,16+,17?,18+/m1/s1. The summed E-state index contributed by atoms with van der Waals surface area (Å²) in [6.07, 6.45) is -7.15. The zero-order valence-corrected chi connectivity index (χ0v) is 16.3. The summed E-state index contributed by atoms with van der Waals surface area (Å²) in [5.74, 6) is -1.25. The number of epoxide rings is 1. The normalized spacial score (nSPS) is 45.5. The lowest BCUT2D eigenvalue weighted by molar-refractivity contribution is -0.318. The minimum absolute atomic E-state index is 0.0440. The summed E-state index contributed by atoms with van der Waals surface area (Å²) in [6, 6.07) is 0. The molecule has 10 nitrogen and oxygen atoms in total. The molecule has 0 aromatic heterocycles. The van der Waals surface area contributed by atoms with Gasteiger partial charge in [0.1, 0.15) is 37.1 Å². The summed E-state index contributed by atoms with van der Waals surface area (Å²) in [6.45, 7) is 6.45. The highest BCUT2D eigenvalue weighted by Gasteiger charge is 2.56. The molecule has 3 rings (SSSR count). The van der Waals surface area contributed by atoms with Gasteiger partial charge in [-0.3, -0.25) is 9.59 Å². The minimum Gasteiger partial charge on any atom is -0.463 e. The van der Waals surface area contributed by atoms with Gasteiger partial charge in [-0.15, -0.1) is 0 Å². The molecule has 0 aromatic rings. The van der Waals surface area contributed by atoms with Crippen LogP contribution in [-0.4, -0.2) is 90.5 Å². The van der Waals surface area contributed by atoms with Gasteiger partial charge in [-0.1, -0.05) is 6.92 Å². The molecule has 3 aliphatic heterocycles. The van der Waals surface area contributed by atoms with E-state index >= 15 is 0 Å². The Morgan fingerprint density at radius 1 is 1.00 bits per heavy atom. The molecule has 0 amide bonds. The maximum Gasteiger partial charge on any atom is 0.303 e. The molecule has 3 fully saturated rings. The van der Waals surface area contributed by atoms with Gasteiger partial charge in [-0.25, -0.2) is 0 Å². The Morgan fingerprint density at radius 2 is 1.71 bits per heavy atom. The SMILES string of the molecule is CC(=O)OCC1O[C@@H](O[C@@H]2C(C)CO[C@H](C)[C@@H]3OC23)[C@@H](OC(C)=O)C(O)[C@@H]1O. The Morgan fingerprint density at radius 3 is 2.36 bits per heavy atom. The van der Waals surface area contributed by atoms with Crippen LogP contribution in [0.25, 0.3) is 0 Å². The van der Waals surface area contributed by atoms with Gasteiger partial charge in [-0.2, -0.15) is 0 Å². The maximum atomic E-state index is 11.5. The smallest absolute Gasteiger partial charge is 0.303 e. The van der Waals surface area contributed by atoms with Crippen molar-refractivity contribution in [3.05, 3.63) is 0 Å². The fourth-order valence-corrected chi connectivity index (χ4v) is 3.63. The second-order valence-corrected chi connectivity index (χ2v) is 7.58. The number of rotatable bonds is 5. The number of ether oxygens (including phenoxy) is 6. The molecule has 0 aromatic carbocycles. The maximum absolute atomic E-state index is 11.5. The molecule has 3 heterocycles. The van der Waals surface area contributed by atoms with Crippen molar-refractivity contribution in [1.82, 2.24) is 0 Å². The number of hydrogen-bond donors (Lipinski definition) is 2. The molecule has 0 aliphatic carbocycles. The second-order valence-electron chi connectivity index (χ2n) is 7.58. The highest BCUT2D eigenvalue weighted by atomic mass is 16.7. The van der Waals surface area contributed by atoms with Crippen molar-refractivity contribution in [3.8, 4) is 0 Å². The third-order valence-electron chi connectivity index (χ3n) is 5.22. The summed E-state index contributed by atoms with van der Waals surface area (Å²) in [5, 5.41) is 20.8. The van der Waals surface area contributed by atoms with E-state index in [0.29, 0.717) is 6.61 Å². The van der Waals surface area contributed by atoms with Crippen LogP contribution in [0.5, 0.6) is 0 Å². The van der Waals surface area contributed by atoms with Crippen LogP contribution in [-0.2, 0) is 38.0 Å². The number of aliphatic hydroxyl groups is 2. The zero-order chi connectivity index (χ0) is 20.6. The van der Waals surface area contributed by atoms with Gasteiger partial charge in [0.15, 0.2) is 12.4 Å². The molecule has 10 heteroatoms. The van der Waals surface area contributed by atoms with Crippen molar-refractivity contribution in [2.24, 2.45) is 5.92 Å². The van der Waals surface area contributed by atoms with Gasteiger partial charge in [0.05, 0.1) is 18.8 Å². The number of hydrogen-bond acceptors (Lipinski definition) is 10. The van der Waals surface area contributed by atoms with Crippen LogP contribution in [0.15, 0.2) is 0 Å². The van der Waals surface area contributed by atoms with E-state index in [-0.39, 0.29) is 30.8 Å². The summed E-state index contributed by atoms with van der Waals surface area (Å²) in [5.41, 5.74) is 0. The van der Waals surface area contributed by atoms with Crippen molar-refractivity contribution in [2.45, 2.75) is 82.8 Å². The summed E-state index contributed by atoms with van der Waals surface area (Å²) in [4.78, 5) is 22.6. The largest absolute Gasteiger partial charge is 0.463 e. The molecule has 160 valence electrons. The third kappa shape index (κ3) is 4.64. The van der Waals surface area contributed by atoms with E-state index in [1.807, 2.05) is 13.8 Å². The molecular weight excluding hydrogens is 376 g/mol. The topological polar surface area (TPSA) is 133 Å². The van der Waals surface area contributed by atoms with Crippen LogP contribution >= 0.6 is 0 Å². The summed E-state index contributed by atoms with van der Waals surface area (Å²) >= 11 is 0. The highest BCUT2D eigenvalue weighted by Crippen LogP contribution is 2.39. The number of esters is 2. The van der Waals surface area contributed by atoms with Crippen molar-refractivity contribution in [2.75, 3.05) is 13.2 Å². The summed E-state index contributed by atoms with van der Waals surface area (Å²) in [7, 11) is 0. The average molecular weight is 404 g/mol. The monoisotopic (exact) mass is 404 g/mol. The van der Waals surface area contributed by atoms with Crippen LogP contribution < -0.4 is 0 Å². The molecule has 0 bridgehead atoms. The van der Waals surface area contributed by atoms with Crippen molar-refractivity contribution >= 4 is 11.9 Å². The lowest BCUT2D eigenvalue weighted by Gasteiger charge is -2.42. The van der Waals surface area contributed by atoms with Gasteiger partial charge in [-0.05, 0) is 6.92 Å². The first-order valence-corrected chi connectivity index (χ1v) is 9.43. The molecule has 3 aliphatic rings. The molecular formula is C18H28O10. The third-order valence-corrected chi connectivity index (χ3v) is 5.22. The molecule has 0 spiro atoms. The Kier molecular flexibility index (Phi) is 6.58. The van der Waals surface area contributed by atoms with E-state index in [4.69, 9.17) is 28.4 Å². The predicted octanol–water partition coefficient (Wildman–Crippen LogP) is -0.865. The van der Waals surface area contributed by atoms with E-state index in [1.54, 1.807) is 0 Å². The van der Waals surface area contributed by atoms with E-state index in [1.165, 1.54) is 13.8 Å². The predicted molar refractivity (Wildman–Crippen MR) is 91.0 cm³/mol. The van der Waals surface area contributed by atoms with Crippen LogP contribution in [0.1, 0.15) is 27.7 Å². The average Bonchev–Trinajstić information content (AvgIpc) is 3.42. The van der Waals surface area contributed by atoms with Crippen molar-refractivity contribution < 1.29 is 48.2 Å². The van der Waals surface area contributed by atoms with Crippen LogP contribution in [0.2, 0.25) is 0 Å². The Hall–Kier alpha value is -1.30. The van der Waals surface area contributed by atoms with E-state index in [2.05, 4.69) is 0 Å². The van der Waals surface area contributed by atoms with E-state index in [0.717, 1.165) is 0 Å². The van der Waals surface area contributed by atoms with Gasteiger partial charge < -0.3 is 38.6 Å². The van der Waals surface area contributed by atoms with Gasteiger partial charge in [0, 0.05) is 19.8 Å². The van der Waals surface area contributed by atoms with Crippen molar-refractivity contribution in [3.63, 3.8) is 0 Å². The van der Waals surface area contributed by atoms with E-state index in [9.17, 15) is 19.8 Å². The first-order chi connectivity index (χ1) is 13.2. The fraction of sp³-hybridized carbons (Fsp3) is 0.889. The lowest BCUT2D eigenvalue weighted by atomic mass is 9.97. The zero-order valence-electron chi connectivity index (χ0n) is 16.3. The number of fused-ring (bicyclic) bond motifs is 1. The molecule has 4 unspecified atom stereocenters. The molecule has 3 saturated heterocycles. The fourth-order valence-electron chi connectivity index (χ4n) is 3.63.